The molecule has 0 bridgehead atoms. The minimum Gasteiger partial charge on any atom is -0.342 e. The van der Waals surface area contributed by atoms with E-state index in [0.29, 0.717) is 5.91 Å². The monoisotopic (exact) mass is 415 g/mol. The molecule has 0 radical (unpaired) electrons. The third-order valence-electron chi connectivity index (χ3n) is 7.23. The van der Waals surface area contributed by atoms with Crippen LogP contribution in [0.4, 0.5) is 0 Å². The van der Waals surface area contributed by atoms with Gasteiger partial charge in [-0.2, -0.15) is 0 Å². The summed E-state index contributed by atoms with van der Waals surface area (Å²) in [4.78, 5) is 17.4. The molecule has 3 aromatic rings. The molecule has 5 rings (SSSR count). The zero-order valence-electron chi connectivity index (χ0n) is 18.6. The van der Waals surface area contributed by atoms with Crippen LogP contribution >= 0.6 is 0 Å². The Bertz CT molecular complexity index is 1060. The van der Waals surface area contributed by atoms with Crippen LogP contribution in [0.5, 0.6) is 0 Å². The Morgan fingerprint density at radius 2 is 1.61 bits per heavy atom. The van der Waals surface area contributed by atoms with Gasteiger partial charge in [-0.25, -0.2) is 0 Å². The van der Waals surface area contributed by atoms with E-state index in [4.69, 9.17) is 0 Å². The van der Waals surface area contributed by atoms with Gasteiger partial charge >= 0.3 is 0 Å². The van der Waals surface area contributed by atoms with Crippen LogP contribution in [0.3, 0.4) is 0 Å². The standard InChI is InChI=1S/C27H33N3O/c1-21-8-2-3-10-24(21)19-30-25(18-23-9-4-5-11-26(23)30)20-28-16-12-22(13-17-28)27(31)29-14-6-7-15-29/h2-5,8-11,18,22H,6-7,12-17,19-20H2,1H3. The largest absolute Gasteiger partial charge is 0.342 e. The van der Waals surface area contributed by atoms with Gasteiger partial charge in [-0.3, -0.25) is 9.69 Å². The van der Waals surface area contributed by atoms with Crippen molar-refractivity contribution in [1.82, 2.24) is 14.4 Å². The Balaban J connectivity index is 1.31. The number of aryl methyl sites for hydroxylation is 1. The molecule has 31 heavy (non-hydrogen) atoms. The zero-order chi connectivity index (χ0) is 21.2. The quantitative estimate of drug-likeness (QED) is 0.597. The van der Waals surface area contributed by atoms with Crippen LogP contribution in [0.2, 0.25) is 0 Å². The van der Waals surface area contributed by atoms with Crippen molar-refractivity contribution in [2.24, 2.45) is 5.92 Å². The van der Waals surface area contributed by atoms with Crippen molar-refractivity contribution in [2.75, 3.05) is 26.2 Å². The van der Waals surface area contributed by atoms with E-state index in [1.807, 2.05) is 0 Å². The van der Waals surface area contributed by atoms with Crippen LogP contribution in [0.25, 0.3) is 10.9 Å². The number of aromatic nitrogens is 1. The summed E-state index contributed by atoms with van der Waals surface area (Å²) in [5.41, 5.74) is 5.39. The molecule has 162 valence electrons. The molecule has 0 N–H and O–H groups in total. The fourth-order valence-corrected chi connectivity index (χ4v) is 5.31. The maximum Gasteiger partial charge on any atom is 0.225 e. The fourth-order valence-electron chi connectivity index (χ4n) is 5.31. The number of nitrogens with zero attached hydrogens (tertiary/aromatic N) is 3. The average Bonchev–Trinajstić information content (AvgIpc) is 3.44. The van der Waals surface area contributed by atoms with Gasteiger partial charge in [-0.05, 0) is 74.3 Å². The highest BCUT2D eigenvalue weighted by Crippen LogP contribution is 2.26. The van der Waals surface area contributed by atoms with Crippen molar-refractivity contribution in [3.63, 3.8) is 0 Å². The summed E-state index contributed by atoms with van der Waals surface area (Å²) in [5, 5.41) is 1.31. The van der Waals surface area contributed by atoms with Crippen LogP contribution < -0.4 is 0 Å². The van der Waals surface area contributed by atoms with E-state index < -0.39 is 0 Å². The first-order valence-electron chi connectivity index (χ1n) is 11.8. The lowest BCUT2D eigenvalue weighted by molar-refractivity contribution is -0.136. The van der Waals surface area contributed by atoms with E-state index >= 15 is 0 Å². The summed E-state index contributed by atoms with van der Waals surface area (Å²) in [6.45, 7) is 8.01. The molecule has 0 unspecified atom stereocenters. The first kappa shape index (κ1) is 20.3. The van der Waals surface area contributed by atoms with E-state index in [0.717, 1.165) is 52.1 Å². The van der Waals surface area contributed by atoms with Crippen molar-refractivity contribution in [2.45, 2.75) is 45.7 Å². The lowest BCUT2D eigenvalue weighted by atomic mass is 9.95. The number of hydrogen-bond donors (Lipinski definition) is 0. The van der Waals surface area contributed by atoms with Gasteiger partial charge in [0, 0.05) is 43.3 Å². The predicted octanol–water partition coefficient (Wildman–Crippen LogP) is 4.83. The van der Waals surface area contributed by atoms with Crippen LogP contribution in [-0.2, 0) is 17.9 Å². The van der Waals surface area contributed by atoms with Crippen LogP contribution in [-0.4, -0.2) is 46.5 Å². The summed E-state index contributed by atoms with van der Waals surface area (Å²) < 4.78 is 2.49. The maximum absolute atomic E-state index is 12.8. The molecule has 2 aliphatic rings. The number of para-hydroxylation sites is 1. The van der Waals surface area contributed by atoms with Crippen molar-refractivity contribution in [3.8, 4) is 0 Å². The first-order valence-corrected chi connectivity index (χ1v) is 11.8. The van der Waals surface area contributed by atoms with Crippen molar-refractivity contribution >= 4 is 16.8 Å². The summed E-state index contributed by atoms with van der Waals surface area (Å²) in [7, 11) is 0. The van der Waals surface area contributed by atoms with Gasteiger partial charge in [-0.1, -0.05) is 42.5 Å². The molecule has 0 spiro atoms. The highest BCUT2D eigenvalue weighted by atomic mass is 16.2. The smallest absolute Gasteiger partial charge is 0.225 e. The molecule has 2 aliphatic heterocycles. The topological polar surface area (TPSA) is 28.5 Å². The molecule has 1 aromatic heterocycles. The molecule has 2 aromatic carbocycles. The highest BCUT2D eigenvalue weighted by Gasteiger charge is 2.30. The molecule has 0 aliphatic carbocycles. The van der Waals surface area contributed by atoms with E-state index in [1.165, 1.54) is 40.6 Å². The Labute approximate surface area is 185 Å². The van der Waals surface area contributed by atoms with Crippen LogP contribution in [0.1, 0.15) is 42.5 Å². The molecule has 0 atom stereocenters. The molecule has 4 heteroatoms. The number of likely N-dealkylation sites (tertiary alicyclic amines) is 2. The number of benzene rings is 2. The van der Waals surface area contributed by atoms with Crippen molar-refractivity contribution in [3.05, 3.63) is 71.4 Å². The van der Waals surface area contributed by atoms with E-state index in [-0.39, 0.29) is 5.92 Å². The Morgan fingerprint density at radius 3 is 2.39 bits per heavy atom. The number of carbonyl (C=O) groups is 1. The Morgan fingerprint density at radius 1 is 0.903 bits per heavy atom. The number of carbonyl (C=O) groups excluding carboxylic acids is 1. The summed E-state index contributed by atoms with van der Waals surface area (Å²) in [6.07, 6.45) is 4.34. The van der Waals surface area contributed by atoms with Gasteiger partial charge in [-0.15, -0.1) is 0 Å². The van der Waals surface area contributed by atoms with Crippen molar-refractivity contribution < 1.29 is 4.79 Å². The molecule has 0 saturated carbocycles. The van der Waals surface area contributed by atoms with E-state index in [9.17, 15) is 4.79 Å². The number of amides is 1. The van der Waals surface area contributed by atoms with Crippen LogP contribution in [0.15, 0.2) is 54.6 Å². The molecule has 4 nitrogen and oxygen atoms in total. The Kier molecular flexibility index (Phi) is 5.82. The van der Waals surface area contributed by atoms with Gasteiger partial charge < -0.3 is 9.47 Å². The van der Waals surface area contributed by atoms with Gasteiger partial charge in [0.05, 0.1) is 0 Å². The van der Waals surface area contributed by atoms with Gasteiger partial charge in [0.1, 0.15) is 0 Å². The first-order chi connectivity index (χ1) is 15.2. The summed E-state index contributed by atoms with van der Waals surface area (Å²) in [6, 6.07) is 19.8. The minimum absolute atomic E-state index is 0.229. The van der Waals surface area contributed by atoms with Crippen LogP contribution in [0, 0.1) is 12.8 Å². The summed E-state index contributed by atoms with van der Waals surface area (Å²) >= 11 is 0. The van der Waals surface area contributed by atoms with Gasteiger partial charge in [0.2, 0.25) is 5.91 Å². The third-order valence-corrected chi connectivity index (χ3v) is 7.23. The second-order valence-corrected chi connectivity index (χ2v) is 9.29. The molecular formula is C27H33N3O. The number of rotatable bonds is 5. The SMILES string of the molecule is Cc1ccccc1Cn1c(CN2CCC(C(=O)N3CCCC3)CC2)cc2ccccc21. The number of fused-ring (bicyclic) bond motifs is 1. The number of piperidine rings is 1. The number of hydrogen-bond acceptors (Lipinski definition) is 2. The second kappa shape index (κ2) is 8.88. The molecule has 2 fully saturated rings. The van der Waals surface area contributed by atoms with E-state index in [2.05, 4.69) is 75.9 Å². The molecule has 1 amide bonds. The molecular weight excluding hydrogens is 382 g/mol. The molecule has 3 heterocycles. The molecule has 2 saturated heterocycles. The second-order valence-electron chi connectivity index (χ2n) is 9.29. The van der Waals surface area contributed by atoms with Crippen molar-refractivity contribution in [1.29, 1.82) is 0 Å². The average molecular weight is 416 g/mol. The van der Waals surface area contributed by atoms with Gasteiger partial charge in [0.25, 0.3) is 0 Å². The van der Waals surface area contributed by atoms with E-state index in [1.54, 1.807) is 0 Å². The Hall–Kier alpha value is -2.59. The fraction of sp³-hybridized carbons (Fsp3) is 0.444. The lowest BCUT2D eigenvalue weighted by Crippen LogP contribution is -2.41. The predicted molar refractivity (Wildman–Crippen MR) is 126 cm³/mol. The van der Waals surface area contributed by atoms with Gasteiger partial charge in [0.15, 0.2) is 0 Å². The zero-order valence-corrected chi connectivity index (χ0v) is 18.6. The summed E-state index contributed by atoms with van der Waals surface area (Å²) in [5.74, 6) is 0.637. The highest BCUT2D eigenvalue weighted by molar-refractivity contribution is 5.81. The minimum atomic E-state index is 0.229. The lowest BCUT2D eigenvalue weighted by Gasteiger charge is -2.33. The maximum atomic E-state index is 12.8. The third kappa shape index (κ3) is 4.27. The normalized spacial score (nSPS) is 18.2.